The highest BCUT2D eigenvalue weighted by Gasteiger charge is 2.41. The first-order chi connectivity index (χ1) is 16.9. The van der Waals surface area contributed by atoms with Gasteiger partial charge >= 0.3 is 0 Å². The predicted octanol–water partition coefficient (Wildman–Crippen LogP) is 3.41. The van der Waals surface area contributed by atoms with Crippen LogP contribution in [0.4, 0.5) is 11.4 Å². The molecule has 3 heterocycles. The van der Waals surface area contributed by atoms with Crippen molar-refractivity contribution in [1.29, 1.82) is 0 Å². The number of amides is 2. The molecule has 5 rings (SSSR count). The van der Waals surface area contributed by atoms with E-state index < -0.39 is 10.0 Å². The van der Waals surface area contributed by atoms with E-state index in [1.807, 2.05) is 6.07 Å². The Kier molecular flexibility index (Phi) is 7.34. The number of benzene rings is 1. The van der Waals surface area contributed by atoms with Gasteiger partial charge in [-0.3, -0.25) is 14.5 Å². The molecule has 1 aliphatic carbocycles. The number of rotatable bonds is 5. The number of hydrogen-bond acceptors (Lipinski definition) is 5. The van der Waals surface area contributed by atoms with Gasteiger partial charge < -0.3 is 10.2 Å². The number of sulfonamides is 1. The molecule has 2 saturated heterocycles. The Balaban J connectivity index is 1.44. The van der Waals surface area contributed by atoms with Crippen molar-refractivity contribution in [2.75, 3.05) is 36.0 Å². The largest absolute Gasteiger partial charge is 0.358 e. The summed E-state index contributed by atoms with van der Waals surface area (Å²) in [6.45, 7) is 1.75. The van der Waals surface area contributed by atoms with Crippen LogP contribution in [0.15, 0.2) is 23.1 Å². The van der Waals surface area contributed by atoms with Crippen LogP contribution in [0.5, 0.6) is 0 Å². The molecular formula is C26H38N4O4S. The quantitative estimate of drug-likeness (QED) is 0.624. The Hall–Kier alpha value is -2.13. The number of fused-ring (bicyclic) bond motifs is 3. The van der Waals surface area contributed by atoms with E-state index >= 15 is 0 Å². The average Bonchev–Trinajstić information content (AvgIpc) is 3.15. The lowest BCUT2D eigenvalue weighted by atomic mass is 9.96. The fourth-order valence-electron chi connectivity index (χ4n) is 6.16. The third kappa shape index (κ3) is 5.07. The maximum Gasteiger partial charge on any atom is 0.250 e. The van der Waals surface area contributed by atoms with Crippen molar-refractivity contribution in [2.24, 2.45) is 0 Å². The molecule has 1 N–H and O–H groups in total. The van der Waals surface area contributed by atoms with E-state index in [2.05, 4.69) is 10.2 Å². The second-order valence-electron chi connectivity index (χ2n) is 10.5. The Morgan fingerprint density at radius 2 is 1.51 bits per heavy atom. The number of nitrogens with zero attached hydrogens (tertiary/aromatic N) is 3. The Bertz CT molecular complexity index is 1050. The van der Waals surface area contributed by atoms with Gasteiger partial charge in [0.15, 0.2) is 0 Å². The number of carbonyl (C=O) groups excluding carboxylic acids is 2. The molecule has 2 amide bonds. The fourth-order valence-corrected chi connectivity index (χ4v) is 7.69. The molecule has 0 aromatic heterocycles. The normalized spacial score (nSPS) is 24.5. The summed E-state index contributed by atoms with van der Waals surface area (Å²) in [5.41, 5.74) is 1.40. The van der Waals surface area contributed by atoms with Crippen LogP contribution in [0.3, 0.4) is 0 Å². The summed E-state index contributed by atoms with van der Waals surface area (Å²) in [4.78, 5) is 30.6. The molecule has 1 saturated carbocycles. The van der Waals surface area contributed by atoms with Crippen LogP contribution in [-0.2, 0) is 19.6 Å². The van der Waals surface area contributed by atoms with E-state index in [1.54, 1.807) is 21.3 Å². The monoisotopic (exact) mass is 502 g/mol. The van der Waals surface area contributed by atoms with Crippen molar-refractivity contribution < 1.29 is 18.0 Å². The molecule has 0 radical (unpaired) electrons. The van der Waals surface area contributed by atoms with Gasteiger partial charge in [0, 0.05) is 25.7 Å². The standard InChI is InChI=1S/C26H38N4O4S/c31-25(27-20-10-4-1-2-5-11-20)19-30-24-18-21(35(33,34)28-15-7-3-8-16-28)13-14-22(24)29-17-9-6-12-23(29)26(30)32/h13-14,18,20,23H,1-12,15-17,19H2,(H,27,31). The molecule has 35 heavy (non-hydrogen) atoms. The van der Waals surface area contributed by atoms with E-state index in [0.29, 0.717) is 18.8 Å². The smallest absolute Gasteiger partial charge is 0.250 e. The van der Waals surface area contributed by atoms with Crippen LogP contribution in [0.2, 0.25) is 0 Å². The second kappa shape index (κ2) is 10.5. The minimum Gasteiger partial charge on any atom is -0.358 e. The van der Waals surface area contributed by atoms with Crippen molar-refractivity contribution in [1.82, 2.24) is 9.62 Å². The molecule has 0 bridgehead atoms. The molecule has 1 aromatic rings. The maximum atomic E-state index is 13.6. The van der Waals surface area contributed by atoms with Crippen LogP contribution in [-0.4, -0.2) is 62.8 Å². The molecule has 4 aliphatic rings. The molecule has 1 aromatic carbocycles. The zero-order chi connectivity index (χ0) is 24.4. The lowest BCUT2D eigenvalue weighted by molar-refractivity contribution is -0.125. The number of piperidine rings is 2. The van der Waals surface area contributed by atoms with Gasteiger partial charge in [-0.05, 0) is 63.1 Å². The van der Waals surface area contributed by atoms with Crippen molar-refractivity contribution >= 4 is 33.2 Å². The van der Waals surface area contributed by atoms with Crippen molar-refractivity contribution in [3.8, 4) is 0 Å². The van der Waals surface area contributed by atoms with Gasteiger partial charge in [-0.15, -0.1) is 0 Å². The highest BCUT2D eigenvalue weighted by Crippen LogP contribution is 2.41. The molecule has 9 heteroatoms. The third-order valence-corrected chi connectivity index (χ3v) is 9.97. The molecule has 1 atom stereocenters. The number of hydrogen-bond donors (Lipinski definition) is 1. The van der Waals surface area contributed by atoms with Crippen molar-refractivity contribution in [3.63, 3.8) is 0 Å². The van der Waals surface area contributed by atoms with Crippen LogP contribution in [0.25, 0.3) is 0 Å². The van der Waals surface area contributed by atoms with Crippen LogP contribution in [0.1, 0.15) is 77.0 Å². The van der Waals surface area contributed by atoms with E-state index in [9.17, 15) is 18.0 Å². The van der Waals surface area contributed by atoms with Crippen LogP contribution in [0, 0.1) is 0 Å². The van der Waals surface area contributed by atoms with Gasteiger partial charge in [-0.2, -0.15) is 4.31 Å². The van der Waals surface area contributed by atoms with E-state index in [4.69, 9.17) is 0 Å². The van der Waals surface area contributed by atoms with Crippen molar-refractivity contribution in [2.45, 2.75) is 94.0 Å². The zero-order valence-electron chi connectivity index (χ0n) is 20.6. The first kappa shape index (κ1) is 24.6. The molecule has 3 fully saturated rings. The Morgan fingerprint density at radius 1 is 0.857 bits per heavy atom. The predicted molar refractivity (Wildman–Crippen MR) is 136 cm³/mol. The topological polar surface area (TPSA) is 90.0 Å². The molecule has 0 spiro atoms. The first-order valence-corrected chi connectivity index (χ1v) is 14.9. The van der Waals surface area contributed by atoms with Crippen LogP contribution >= 0.6 is 0 Å². The Labute approximate surface area is 209 Å². The van der Waals surface area contributed by atoms with E-state index in [0.717, 1.165) is 76.4 Å². The number of anilines is 2. The van der Waals surface area contributed by atoms with Gasteiger partial charge in [0.25, 0.3) is 0 Å². The molecule has 1 unspecified atom stereocenters. The Morgan fingerprint density at radius 3 is 2.26 bits per heavy atom. The summed E-state index contributed by atoms with van der Waals surface area (Å²) >= 11 is 0. The summed E-state index contributed by atoms with van der Waals surface area (Å²) in [5.74, 6) is -0.259. The van der Waals surface area contributed by atoms with E-state index in [1.165, 1.54) is 12.8 Å². The van der Waals surface area contributed by atoms with Gasteiger partial charge in [0.05, 0.1) is 16.3 Å². The van der Waals surface area contributed by atoms with Crippen LogP contribution < -0.4 is 15.1 Å². The summed E-state index contributed by atoms with van der Waals surface area (Å²) < 4.78 is 28.3. The van der Waals surface area contributed by atoms with Gasteiger partial charge in [-0.25, -0.2) is 8.42 Å². The molecule has 8 nitrogen and oxygen atoms in total. The second-order valence-corrected chi connectivity index (χ2v) is 12.4. The molecular weight excluding hydrogens is 464 g/mol. The third-order valence-electron chi connectivity index (χ3n) is 8.08. The summed E-state index contributed by atoms with van der Waals surface area (Å²) in [6.07, 6.45) is 12.1. The molecule has 3 aliphatic heterocycles. The molecule has 192 valence electrons. The van der Waals surface area contributed by atoms with Gasteiger partial charge in [-0.1, -0.05) is 32.1 Å². The summed E-state index contributed by atoms with van der Waals surface area (Å²) in [6, 6.07) is 5.01. The van der Waals surface area contributed by atoms with E-state index in [-0.39, 0.29) is 35.3 Å². The summed E-state index contributed by atoms with van der Waals surface area (Å²) in [7, 11) is -3.64. The van der Waals surface area contributed by atoms with Gasteiger partial charge in [0.2, 0.25) is 21.8 Å². The number of nitrogens with one attached hydrogen (secondary N) is 1. The lowest BCUT2D eigenvalue weighted by Crippen LogP contribution is -2.57. The minimum absolute atomic E-state index is 0.0696. The minimum atomic E-state index is -3.64. The highest BCUT2D eigenvalue weighted by molar-refractivity contribution is 7.89. The number of carbonyl (C=O) groups is 2. The highest BCUT2D eigenvalue weighted by atomic mass is 32.2. The van der Waals surface area contributed by atoms with Crippen molar-refractivity contribution in [3.05, 3.63) is 18.2 Å². The lowest BCUT2D eigenvalue weighted by Gasteiger charge is -2.45. The first-order valence-electron chi connectivity index (χ1n) is 13.5. The summed E-state index contributed by atoms with van der Waals surface area (Å²) in [5, 5.41) is 3.15. The maximum absolute atomic E-state index is 13.6. The van der Waals surface area contributed by atoms with Gasteiger partial charge in [0.1, 0.15) is 12.6 Å². The SMILES string of the molecule is O=C(CN1C(=O)C2CCCCN2c2ccc(S(=O)(=O)N3CCCCC3)cc21)NC1CCCCCC1. The average molecular weight is 503 g/mol. The zero-order valence-corrected chi connectivity index (χ0v) is 21.4. The fraction of sp³-hybridized carbons (Fsp3) is 0.692.